The Kier molecular flexibility index (Phi) is 2.81. The first-order valence-corrected chi connectivity index (χ1v) is 5.15. The second kappa shape index (κ2) is 4.26. The van der Waals surface area contributed by atoms with Gasteiger partial charge in [-0.25, -0.2) is 9.97 Å². The van der Waals surface area contributed by atoms with E-state index in [4.69, 9.17) is 0 Å². The minimum Gasteiger partial charge on any atom is -0.357 e. The van der Waals surface area contributed by atoms with Gasteiger partial charge in [-0.15, -0.1) is 0 Å². The van der Waals surface area contributed by atoms with Crippen molar-refractivity contribution in [2.75, 3.05) is 12.4 Å². The van der Waals surface area contributed by atoms with E-state index in [1.54, 1.807) is 6.20 Å². The molecule has 4 nitrogen and oxygen atoms in total. The van der Waals surface area contributed by atoms with E-state index in [0.717, 1.165) is 22.5 Å². The molecule has 0 atom stereocenters. The molecule has 1 N–H and O–H groups in total. The van der Waals surface area contributed by atoms with E-state index >= 15 is 0 Å². The number of pyridine rings is 1. The molecule has 2 aromatic heterocycles. The average Bonchev–Trinajstić information content (AvgIpc) is 2.28. The zero-order valence-electron chi connectivity index (χ0n) is 9.65. The molecule has 2 rings (SSSR count). The van der Waals surface area contributed by atoms with Crippen LogP contribution in [-0.4, -0.2) is 22.0 Å². The molecule has 0 amide bonds. The van der Waals surface area contributed by atoms with Crippen molar-refractivity contribution in [3.05, 3.63) is 35.8 Å². The Balaban J connectivity index is 2.56. The van der Waals surface area contributed by atoms with Crippen LogP contribution in [0, 0.1) is 13.8 Å². The Bertz CT molecular complexity index is 508. The third-order valence-electron chi connectivity index (χ3n) is 2.37. The van der Waals surface area contributed by atoms with E-state index in [2.05, 4.69) is 20.3 Å². The fourth-order valence-electron chi connectivity index (χ4n) is 1.58. The van der Waals surface area contributed by atoms with E-state index in [1.807, 2.05) is 39.2 Å². The van der Waals surface area contributed by atoms with Gasteiger partial charge in [0.25, 0.3) is 0 Å². The quantitative estimate of drug-likeness (QED) is 0.832. The van der Waals surface area contributed by atoms with Crippen molar-refractivity contribution in [1.82, 2.24) is 15.0 Å². The molecular weight excluding hydrogens is 200 g/mol. The van der Waals surface area contributed by atoms with Gasteiger partial charge in [-0.05, 0) is 31.5 Å². The highest BCUT2D eigenvalue weighted by molar-refractivity contribution is 5.63. The van der Waals surface area contributed by atoms with Gasteiger partial charge in [-0.1, -0.05) is 0 Å². The average molecular weight is 214 g/mol. The van der Waals surface area contributed by atoms with E-state index in [1.165, 1.54) is 0 Å². The van der Waals surface area contributed by atoms with Crippen molar-refractivity contribution < 1.29 is 0 Å². The number of hydrogen-bond donors (Lipinski definition) is 1. The zero-order chi connectivity index (χ0) is 11.5. The fraction of sp³-hybridized carbons (Fsp3) is 0.250. The summed E-state index contributed by atoms with van der Waals surface area (Å²) >= 11 is 0. The lowest BCUT2D eigenvalue weighted by Gasteiger charge is -2.07. The summed E-state index contributed by atoms with van der Waals surface area (Å²) in [6.45, 7) is 3.99. The molecule has 0 aliphatic carbocycles. The van der Waals surface area contributed by atoms with Crippen molar-refractivity contribution in [1.29, 1.82) is 0 Å². The molecular formula is C12H14N4. The first-order valence-electron chi connectivity index (χ1n) is 5.15. The van der Waals surface area contributed by atoms with Crippen LogP contribution in [0.25, 0.3) is 11.3 Å². The number of nitrogens with zero attached hydrogens (tertiary/aromatic N) is 3. The monoisotopic (exact) mass is 214 g/mol. The van der Waals surface area contributed by atoms with Gasteiger partial charge in [0.15, 0.2) is 0 Å². The molecule has 0 saturated carbocycles. The predicted octanol–water partition coefficient (Wildman–Crippen LogP) is 2.20. The number of aryl methyl sites for hydroxylation is 2. The van der Waals surface area contributed by atoms with Crippen molar-refractivity contribution >= 4 is 5.95 Å². The molecule has 0 saturated heterocycles. The third-order valence-corrected chi connectivity index (χ3v) is 2.37. The summed E-state index contributed by atoms with van der Waals surface area (Å²) in [6.07, 6.45) is 3.62. The first-order chi connectivity index (χ1) is 7.70. The molecule has 0 spiro atoms. The zero-order valence-corrected chi connectivity index (χ0v) is 9.65. The van der Waals surface area contributed by atoms with Gasteiger partial charge in [-0.2, -0.15) is 0 Å². The van der Waals surface area contributed by atoms with Crippen LogP contribution in [0.15, 0.2) is 24.5 Å². The van der Waals surface area contributed by atoms with Crippen LogP contribution in [0.2, 0.25) is 0 Å². The number of rotatable bonds is 2. The summed E-state index contributed by atoms with van der Waals surface area (Å²) in [5.41, 5.74) is 4.09. The van der Waals surface area contributed by atoms with Gasteiger partial charge in [0.1, 0.15) is 0 Å². The lowest BCUT2D eigenvalue weighted by atomic mass is 10.1. The molecule has 2 aromatic rings. The maximum Gasteiger partial charge on any atom is 0.223 e. The van der Waals surface area contributed by atoms with Gasteiger partial charge in [0, 0.05) is 30.7 Å². The van der Waals surface area contributed by atoms with Crippen LogP contribution < -0.4 is 5.32 Å². The maximum atomic E-state index is 4.43. The molecule has 0 aliphatic rings. The number of hydrogen-bond acceptors (Lipinski definition) is 4. The van der Waals surface area contributed by atoms with Gasteiger partial charge in [-0.3, -0.25) is 4.98 Å². The lowest BCUT2D eigenvalue weighted by Crippen LogP contribution is -2.00. The summed E-state index contributed by atoms with van der Waals surface area (Å²) in [7, 11) is 1.82. The van der Waals surface area contributed by atoms with Crippen molar-refractivity contribution in [3.8, 4) is 11.3 Å². The van der Waals surface area contributed by atoms with Crippen LogP contribution in [0.4, 0.5) is 5.95 Å². The normalized spacial score (nSPS) is 10.2. The van der Waals surface area contributed by atoms with Gasteiger partial charge < -0.3 is 5.32 Å². The summed E-state index contributed by atoms with van der Waals surface area (Å²) in [6, 6.07) is 3.94. The highest BCUT2D eigenvalue weighted by Crippen LogP contribution is 2.21. The summed E-state index contributed by atoms with van der Waals surface area (Å²) in [5, 5.41) is 2.96. The van der Waals surface area contributed by atoms with Crippen molar-refractivity contribution in [2.45, 2.75) is 13.8 Å². The molecule has 0 aliphatic heterocycles. The van der Waals surface area contributed by atoms with Crippen LogP contribution >= 0.6 is 0 Å². The minimum absolute atomic E-state index is 0.645. The van der Waals surface area contributed by atoms with Crippen LogP contribution in [0.3, 0.4) is 0 Å². The van der Waals surface area contributed by atoms with Gasteiger partial charge in [0.05, 0.1) is 5.69 Å². The smallest absolute Gasteiger partial charge is 0.223 e. The molecule has 16 heavy (non-hydrogen) atoms. The summed E-state index contributed by atoms with van der Waals surface area (Å²) in [4.78, 5) is 12.8. The Morgan fingerprint density at radius 2 is 2.00 bits per heavy atom. The Morgan fingerprint density at radius 3 is 2.69 bits per heavy atom. The van der Waals surface area contributed by atoms with Crippen molar-refractivity contribution in [3.63, 3.8) is 0 Å². The minimum atomic E-state index is 0.645. The molecule has 82 valence electrons. The predicted molar refractivity (Wildman–Crippen MR) is 64.3 cm³/mol. The number of nitrogens with one attached hydrogen (secondary N) is 1. The molecule has 0 fully saturated rings. The van der Waals surface area contributed by atoms with Crippen LogP contribution in [0.1, 0.15) is 11.3 Å². The maximum absolute atomic E-state index is 4.43. The molecule has 0 radical (unpaired) electrons. The second-order valence-corrected chi connectivity index (χ2v) is 3.66. The Hall–Kier alpha value is -1.97. The lowest BCUT2D eigenvalue weighted by molar-refractivity contribution is 1.09. The molecule has 0 aromatic carbocycles. The molecule has 0 bridgehead atoms. The molecule has 4 heteroatoms. The highest BCUT2D eigenvalue weighted by atomic mass is 15.1. The second-order valence-electron chi connectivity index (χ2n) is 3.66. The largest absolute Gasteiger partial charge is 0.357 e. The van der Waals surface area contributed by atoms with E-state index < -0.39 is 0 Å². The van der Waals surface area contributed by atoms with Gasteiger partial charge in [0.2, 0.25) is 5.95 Å². The Labute approximate surface area is 94.8 Å². The number of aromatic nitrogens is 3. The summed E-state index contributed by atoms with van der Waals surface area (Å²) in [5.74, 6) is 0.645. The first kappa shape index (κ1) is 10.5. The summed E-state index contributed by atoms with van der Waals surface area (Å²) < 4.78 is 0. The van der Waals surface area contributed by atoms with E-state index in [-0.39, 0.29) is 0 Å². The SMILES string of the molecule is CNc1nc(C)cc(-c2ccncc2C)n1. The van der Waals surface area contributed by atoms with E-state index in [0.29, 0.717) is 5.95 Å². The van der Waals surface area contributed by atoms with Crippen LogP contribution in [-0.2, 0) is 0 Å². The highest BCUT2D eigenvalue weighted by Gasteiger charge is 2.05. The number of anilines is 1. The van der Waals surface area contributed by atoms with Gasteiger partial charge >= 0.3 is 0 Å². The topological polar surface area (TPSA) is 50.7 Å². The van der Waals surface area contributed by atoms with Crippen molar-refractivity contribution in [2.24, 2.45) is 0 Å². The molecule has 2 heterocycles. The standard InChI is InChI=1S/C12H14N4/c1-8-7-14-5-4-10(8)11-6-9(2)15-12(13-3)16-11/h4-7H,1-3H3,(H,13,15,16). The Morgan fingerprint density at radius 1 is 1.19 bits per heavy atom. The molecule has 0 unspecified atom stereocenters. The fourth-order valence-corrected chi connectivity index (χ4v) is 1.58. The van der Waals surface area contributed by atoms with E-state index in [9.17, 15) is 0 Å². The van der Waals surface area contributed by atoms with Crippen LogP contribution in [0.5, 0.6) is 0 Å². The third kappa shape index (κ3) is 2.00.